The van der Waals surface area contributed by atoms with Crippen molar-refractivity contribution in [1.82, 2.24) is 10.2 Å². The van der Waals surface area contributed by atoms with Gasteiger partial charge in [-0.1, -0.05) is 12.1 Å². The molecule has 25 heavy (non-hydrogen) atoms. The van der Waals surface area contributed by atoms with Gasteiger partial charge in [-0.05, 0) is 38.1 Å². The summed E-state index contributed by atoms with van der Waals surface area (Å²) in [5.74, 6) is 1.17. The molecule has 1 aromatic carbocycles. The van der Waals surface area contributed by atoms with Crippen LogP contribution in [0, 0.1) is 0 Å². The first-order chi connectivity index (χ1) is 12.1. The lowest BCUT2D eigenvalue weighted by molar-refractivity contribution is -0.129. The topological polar surface area (TPSA) is 71.8 Å². The van der Waals surface area contributed by atoms with Gasteiger partial charge >= 0.3 is 5.97 Å². The minimum atomic E-state index is -0.367. The van der Waals surface area contributed by atoms with Crippen LogP contribution in [-0.4, -0.2) is 43.5 Å². The molecular formula is C19H24N2O4. The summed E-state index contributed by atoms with van der Waals surface area (Å²) in [4.78, 5) is 25.2. The number of amides is 1. The van der Waals surface area contributed by atoms with Crippen molar-refractivity contribution in [3.8, 4) is 11.3 Å². The number of furan rings is 1. The molecule has 0 radical (unpaired) electrons. The second kappa shape index (κ2) is 9.03. The van der Waals surface area contributed by atoms with Gasteiger partial charge in [-0.3, -0.25) is 4.79 Å². The van der Waals surface area contributed by atoms with Gasteiger partial charge in [-0.15, -0.1) is 0 Å². The van der Waals surface area contributed by atoms with Crippen LogP contribution in [0.5, 0.6) is 0 Å². The molecule has 0 spiro atoms. The Kier molecular flexibility index (Phi) is 6.77. The Bertz CT molecular complexity index is 702. The fourth-order valence-electron chi connectivity index (χ4n) is 2.50. The average molecular weight is 344 g/mol. The zero-order valence-electron chi connectivity index (χ0n) is 14.9. The number of benzene rings is 1. The SMILES string of the molecule is CCN(CC)C(=O)CNCc1ccc(-c2ccc(C(=O)OC)cc2)o1. The fourth-order valence-corrected chi connectivity index (χ4v) is 2.50. The molecule has 0 saturated heterocycles. The summed E-state index contributed by atoms with van der Waals surface area (Å²) in [5, 5.41) is 3.10. The maximum absolute atomic E-state index is 11.9. The van der Waals surface area contributed by atoms with E-state index in [9.17, 15) is 9.59 Å². The summed E-state index contributed by atoms with van der Waals surface area (Å²) >= 11 is 0. The van der Waals surface area contributed by atoms with Gasteiger partial charge in [0.1, 0.15) is 11.5 Å². The molecule has 6 nitrogen and oxygen atoms in total. The van der Waals surface area contributed by atoms with Crippen molar-refractivity contribution in [2.45, 2.75) is 20.4 Å². The first-order valence-corrected chi connectivity index (χ1v) is 8.35. The smallest absolute Gasteiger partial charge is 0.337 e. The van der Waals surface area contributed by atoms with Crippen molar-refractivity contribution in [3.63, 3.8) is 0 Å². The second-order valence-corrected chi connectivity index (χ2v) is 5.50. The van der Waals surface area contributed by atoms with Gasteiger partial charge in [0, 0.05) is 18.7 Å². The first kappa shape index (κ1) is 18.7. The average Bonchev–Trinajstić information content (AvgIpc) is 3.11. The lowest BCUT2D eigenvalue weighted by Gasteiger charge is -2.18. The largest absolute Gasteiger partial charge is 0.465 e. The third-order valence-corrected chi connectivity index (χ3v) is 3.94. The van der Waals surface area contributed by atoms with Crippen molar-refractivity contribution in [3.05, 3.63) is 47.7 Å². The Labute approximate surface area is 147 Å². The molecular weight excluding hydrogens is 320 g/mol. The predicted octanol–water partition coefficient (Wildman–Crippen LogP) is 2.69. The Balaban J connectivity index is 1.91. The van der Waals surface area contributed by atoms with Crippen LogP contribution >= 0.6 is 0 Å². The second-order valence-electron chi connectivity index (χ2n) is 5.50. The quantitative estimate of drug-likeness (QED) is 0.746. The van der Waals surface area contributed by atoms with E-state index in [0.717, 1.165) is 11.3 Å². The molecule has 134 valence electrons. The standard InChI is InChI=1S/C19H24N2O4/c1-4-21(5-2)18(22)13-20-12-16-10-11-17(25-16)14-6-8-15(9-7-14)19(23)24-3/h6-11,20H,4-5,12-13H2,1-3H3. The molecule has 0 aliphatic heterocycles. The molecule has 1 aromatic heterocycles. The molecule has 0 bridgehead atoms. The number of rotatable bonds is 8. The highest BCUT2D eigenvalue weighted by Gasteiger charge is 2.10. The first-order valence-electron chi connectivity index (χ1n) is 8.35. The summed E-state index contributed by atoms with van der Waals surface area (Å²) in [5.41, 5.74) is 1.37. The molecule has 1 N–H and O–H groups in total. The minimum Gasteiger partial charge on any atom is -0.465 e. The van der Waals surface area contributed by atoms with E-state index in [1.165, 1.54) is 7.11 Å². The summed E-state index contributed by atoms with van der Waals surface area (Å²) in [7, 11) is 1.35. The molecule has 0 unspecified atom stereocenters. The Morgan fingerprint density at radius 3 is 2.36 bits per heavy atom. The van der Waals surface area contributed by atoms with Gasteiger partial charge in [0.2, 0.25) is 5.91 Å². The van der Waals surface area contributed by atoms with Crippen molar-refractivity contribution >= 4 is 11.9 Å². The number of carbonyl (C=O) groups excluding carboxylic acids is 2. The molecule has 1 heterocycles. The van der Waals surface area contributed by atoms with Crippen molar-refractivity contribution in [2.24, 2.45) is 0 Å². The van der Waals surface area contributed by atoms with Crippen LogP contribution in [0.15, 0.2) is 40.8 Å². The Morgan fingerprint density at radius 2 is 1.76 bits per heavy atom. The van der Waals surface area contributed by atoms with E-state index in [1.807, 2.05) is 38.1 Å². The van der Waals surface area contributed by atoms with E-state index < -0.39 is 0 Å². The number of hydrogen-bond acceptors (Lipinski definition) is 5. The number of ether oxygens (including phenoxy) is 1. The number of nitrogens with zero attached hydrogens (tertiary/aromatic N) is 1. The van der Waals surface area contributed by atoms with Crippen LogP contribution in [0.25, 0.3) is 11.3 Å². The van der Waals surface area contributed by atoms with E-state index in [4.69, 9.17) is 4.42 Å². The van der Waals surface area contributed by atoms with Crippen molar-refractivity contribution in [1.29, 1.82) is 0 Å². The summed E-state index contributed by atoms with van der Waals surface area (Å²) in [6.45, 7) is 6.11. The monoisotopic (exact) mass is 344 g/mol. The molecule has 2 rings (SSSR count). The normalized spacial score (nSPS) is 10.5. The van der Waals surface area contributed by atoms with Crippen molar-refractivity contribution in [2.75, 3.05) is 26.7 Å². The predicted molar refractivity (Wildman–Crippen MR) is 95.1 cm³/mol. The van der Waals surface area contributed by atoms with Crippen molar-refractivity contribution < 1.29 is 18.7 Å². The number of nitrogens with one attached hydrogen (secondary N) is 1. The molecule has 1 amide bonds. The number of carbonyl (C=O) groups is 2. The van der Waals surface area contributed by atoms with Crippen LogP contribution in [0.4, 0.5) is 0 Å². The van der Waals surface area contributed by atoms with Gasteiger partial charge in [0.05, 0.1) is 25.8 Å². The molecule has 0 saturated carbocycles. The maximum Gasteiger partial charge on any atom is 0.337 e. The van der Waals surface area contributed by atoms with E-state index in [0.29, 0.717) is 31.0 Å². The van der Waals surface area contributed by atoms with Gasteiger partial charge in [0.15, 0.2) is 0 Å². The highest BCUT2D eigenvalue weighted by Crippen LogP contribution is 2.22. The van der Waals surface area contributed by atoms with Gasteiger partial charge in [-0.25, -0.2) is 4.79 Å². The molecule has 0 aliphatic carbocycles. The number of likely N-dealkylation sites (N-methyl/N-ethyl adjacent to an activating group) is 1. The maximum atomic E-state index is 11.9. The van der Waals surface area contributed by atoms with Gasteiger partial charge in [-0.2, -0.15) is 0 Å². The highest BCUT2D eigenvalue weighted by atomic mass is 16.5. The van der Waals surface area contributed by atoms with E-state index in [1.54, 1.807) is 17.0 Å². The zero-order chi connectivity index (χ0) is 18.2. The minimum absolute atomic E-state index is 0.0789. The Hall–Kier alpha value is -2.60. The summed E-state index contributed by atoms with van der Waals surface area (Å²) < 4.78 is 10.5. The van der Waals surface area contributed by atoms with Crippen LogP contribution in [0.1, 0.15) is 30.0 Å². The molecule has 0 aliphatic rings. The lowest BCUT2D eigenvalue weighted by Crippen LogP contribution is -2.37. The fraction of sp³-hybridized carbons (Fsp3) is 0.368. The molecule has 2 aromatic rings. The van der Waals surface area contributed by atoms with E-state index in [2.05, 4.69) is 10.1 Å². The van der Waals surface area contributed by atoms with Crippen LogP contribution in [0.2, 0.25) is 0 Å². The van der Waals surface area contributed by atoms with Gasteiger partial charge < -0.3 is 19.4 Å². The summed E-state index contributed by atoms with van der Waals surface area (Å²) in [6.07, 6.45) is 0. The van der Waals surface area contributed by atoms with Crippen LogP contribution in [0.3, 0.4) is 0 Å². The molecule has 6 heteroatoms. The number of esters is 1. The number of hydrogen-bond donors (Lipinski definition) is 1. The van der Waals surface area contributed by atoms with Crippen LogP contribution < -0.4 is 5.32 Å². The third kappa shape index (κ3) is 4.93. The number of methoxy groups -OCH3 is 1. The highest BCUT2D eigenvalue weighted by molar-refractivity contribution is 5.89. The van der Waals surface area contributed by atoms with E-state index >= 15 is 0 Å². The molecule has 0 atom stereocenters. The zero-order valence-corrected chi connectivity index (χ0v) is 14.9. The molecule has 0 fully saturated rings. The Morgan fingerprint density at radius 1 is 1.08 bits per heavy atom. The lowest BCUT2D eigenvalue weighted by atomic mass is 10.1. The third-order valence-electron chi connectivity index (χ3n) is 3.94. The van der Waals surface area contributed by atoms with Crippen LogP contribution in [-0.2, 0) is 16.1 Å². The summed E-state index contributed by atoms with van der Waals surface area (Å²) in [6, 6.07) is 10.8. The van der Waals surface area contributed by atoms with E-state index in [-0.39, 0.29) is 18.4 Å². The van der Waals surface area contributed by atoms with Gasteiger partial charge in [0.25, 0.3) is 0 Å².